The van der Waals surface area contributed by atoms with Gasteiger partial charge in [-0.2, -0.15) is 0 Å². The number of anilines is 1. The summed E-state index contributed by atoms with van der Waals surface area (Å²) in [5, 5.41) is 2.80. The van der Waals surface area contributed by atoms with Gasteiger partial charge in [0.2, 0.25) is 5.91 Å². The van der Waals surface area contributed by atoms with Gasteiger partial charge in [0.15, 0.2) is 11.5 Å². The Kier molecular flexibility index (Phi) is 6.39. The number of nitrogens with one attached hydrogen (secondary N) is 1. The largest absolute Gasteiger partial charge is 0.493 e. The summed E-state index contributed by atoms with van der Waals surface area (Å²) in [5.41, 5.74) is 1.95. The molecule has 0 aliphatic heterocycles. The number of aryl methyl sites for hydroxylation is 1. The molecule has 0 radical (unpaired) electrons. The topological polar surface area (TPSA) is 73.9 Å². The van der Waals surface area contributed by atoms with Crippen LogP contribution in [0.3, 0.4) is 0 Å². The Morgan fingerprint density at radius 1 is 0.960 bits per heavy atom. The molecule has 6 nitrogen and oxygen atoms in total. The molecule has 0 atom stereocenters. The Bertz CT molecular complexity index is 740. The zero-order chi connectivity index (χ0) is 18.2. The lowest BCUT2D eigenvalue weighted by molar-refractivity contribution is -0.116. The Balaban J connectivity index is 1.96. The van der Waals surface area contributed by atoms with Gasteiger partial charge in [-0.3, -0.25) is 4.79 Å². The molecule has 6 heteroatoms. The number of hydrogen-bond donors (Lipinski definition) is 1. The zero-order valence-electron chi connectivity index (χ0n) is 14.5. The summed E-state index contributed by atoms with van der Waals surface area (Å²) in [6, 6.07) is 12.1. The molecule has 0 aromatic heterocycles. The smallest absolute Gasteiger partial charge is 0.337 e. The highest BCUT2D eigenvalue weighted by Crippen LogP contribution is 2.31. The molecule has 0 unspecified atom stereocenters. The van der Waals surface area contributed by atoms with E-state index in [1.54, 1.807) is 38.5 Å². The summed E-state index contributed by atoms with van der Waals surface area (Å²) in [5.74, 6) is 0.734. The maximum Gasteiger partial charge on any atom is 0.337 e. The fraction of sp³-hybridized carbons (Fsp3) is 0.263. The molecule has 0 aliphatic carbocycles. The highest BCUT2D eigenvalue weighted by atomic mass is 16.5. The van der Waals surface area contributed by atoms with Crippen molar-refractivity contribution in [2.75, 3.05) is 26.6 Å². The van der Waals surface area contributed by atoms with Gasteiger partial charge >= 0.3 is 5.97 Å². The van der Waals surface area contributed by atoms with E-state index in [1.807, 2.05) is 18.2 Å². The monoisotopic (exact) mass is 343 g/mol. The molecule has 2 aromatic carbocycles. The lowest BCUT2D eigenvalue weighted by Gasteiger charge is -2.12. The van der Waals surface area contributed by atoms with Crippen molar-refractivity contribution < 1.29 is 23.8 Å². The van der Waals surface area contributed by atoms with E-state index in [1.165, 1.54) is 7.11 Å². The first-order valence-corrected chi connectivity index (χ1v) is 7.77. The highest BCUT2D eigenvalue weighted by Gasteiger charge is 2.11. The van der Waals surface area contributed by atoms with Gasteiger partial charge in [0.1, 0.15) is 0 Å². The minimum absolute atomic E-state index is 0.129. The van der Waals surface area contributed by atoms with Crippen molar-refractivity contribution >= 4 is 17.6 Å². The van der Waals surface area contributed by atoms with Gasteiger partial charge in [-0.05, 0) is 42.3 Å². The second kappa shape index (κ2) is 8.73. The van der Waals surface area contributed by atoms with E-state index >= 15 is 0 Å². The van der Waals surface area contributed by atoms with Crippen molar-refractivity contribution in [3.05, 3.63) is 53.6 Å². The van der Waals surface area contributed by atoms with E-state index in [-0.39, 0.29) is 5.91 Å². The predicted octanol–water partition coefficient (Wildman–Crippen LogP) is 3.06. The fourth-order valence-corrected chi connectivity index (χ4v) is 2.43. The summed E-state index contributed by atoms with van der Waals surface area (Å²) < 4.78 is 15.3. The van der Waals surface area contributed by atoms with Crippen molar-refractivity contribution in [3.8, 4) is 11.5 Å². The maximum absolute atomic E-state index is 12.1. The third-order valence-electron chi connectivity index (χ3n) is 3.70. The summed E-state index contributed by atoms with van der Waals surface area (Å²) in [7, 11) is 4.47. The number of amides is 1. The second-order valence-electron chi connectivity index (χ2n) is 5.27. The normalized spacial score (nSPS) is 10.0. The van der Waals surface area contributed by atoms with Gasteiger partial charge in [0.05, 0.1) is 26.9 Å². The van der Waals surface area contributed by atoms with Crippen LogP contribution in [-0.4, -0.2) is 33.2 Å². The Morgan fingerprint density at radius 3 is 2.28 bits per heavy atom. The fourth-order valence-electron chi connectivity index (χ4n) is 2.43. The lowest BCUT2D eigenvalue weighted by Crippen LogP contribution is -2.13. The minimum Gasteiger partial charge on any atom is -0.493 e. The molecule has 132 valence electrons. The first-order chi connectivity index (χ1) is 12.1. The standard InChI is InChI=1S/C19H21NO5/c1-23-16-6-4-5-13(18(16)24-2)9-12-17(21)20-15-10-7-14(8-11-15)19(22)25-3/h4-8,10-11H,9,12H2,1-3H3,(H,20,21). The molecule has 25 heavy (non-hydrogen) atoms. The van der Waals surface area contributed by atoms with Gasteiger partial charge in [-0.15, -0.1) is 0 Å². The number of hydrogen-bond acceptors (Lipinski definition) is 5. The number of para-hydroxylation sites is 1. The molecule has 0 saturated heterocycles. The predicted molar refractivity (Wildman–Crippen MR) is 94.3 cm³/mol. The van der Waals surface area contributed by atoms with Crippen LogP contribution in [0.2, 0.25) is 0 Å². The molecule has 0 saturated carbocycles. The molecule has 2 aromatic rings. The van der Waals surface area contributed by atoms with Crippen LogP contribution in [0.5, 0.6) is 11.5 Å². The van der Waals surface area contributed by atoms with E-state index in [4.69, 9.17) is 9.47 Å². The van der Waals surface area contributed by atoms with E-state index in [2.05, 4.69) is 10.1 Å². The SMILES string of the molecule is COC(=O)c1ccc(NC(=O)CCc2cccc(OC)c2OC)cc1. The minimum atomic E-state index is -0.414. The molecule has 0 bridgehead atoms. The first kappa shape index (κ1) is 18.3. The van der Waals surface area contributed by atoms with E-state index in [0.717, 1.165) is 5.56 Å². The highest BCUT2D eigenvalue weighted by molar-refractivity contribution is 5.93. The van der Waals surface area contributed by atoms with Crippen LogP contribution in [0.25, 0.3) is 0 Å². The van der Waals surface area contributed by atoms with Crippen molar-refractivity contribution in [2.24, 2.45) is 0 Å². The van der Waals surface area contributed by atoms with Crippen LogP contribution in [0.1, 0.15) is 22.3 Å². The zero-order valence-corrected chi connectivity index (χ0v) is 14.5. The number of methoxy groups -OCH3 is 3. The third kappa shape index (κ3) is 4.73. The van der Waals surface area contributed by atoms with Crippen LogP contribution in [-0.2, 0) is 16.0 Å². The van der Waals surface area contributed by atoms with Gasteiger partial charge in [-0.25, -0.2) is 4.79 Å². The van der Waals surface area contributed by atoms with Crippen molar-refractivity contribution in [3.63, 3.8) is 0 Å². The molecular weight excluding hydrogens is 322 g/mol. The summed E-state index contributed by atoms with van der Waals surface area (Å²) in [6.45, 7) is 0. The average molecular weight is 343 g/mol. The van der Waals surface area contributed by atoms with E-state index in [0.29, 0.717) is 35.6 Å². The molecule has 1 amide bonds. The number of ether oxygens (including phenoxy) is 3. The maximum atomic E-state index is 12.1. The molecule has 0 spiro atoms. The molecular formula is C19H21NO5. The van der Waals surface area contributed by atoms with E-state index < -0.39 is 5.97 Å². The number of esters is 1. The quantitative estimate of drug-likeness (QED) is 0.782. The van der Waals surface area contributed by atoms with Crippen molar-refractivity contribution in [1.29, 1.82) is 0 Å². The number of rotatable bonds is 7. The Labute approximate surface area is 146 Å². The third-order valence-corrected chi connectivity index (χ3v) is 3.70. The summed E-state index contributed by atoms with van der Waals surface area (Å²) in [4.78, 5) is 23.5. The molecule has 0 heterocycles. The Morgan fingerprint density at radius 2 is 1.68 bits per heavy atom. The van der Waals surface area contributed by atoms with Crippen LogP contribution in [0.4, 0.5) is 5.69 Å². The van der Waals surface area contributed by atoms with Gasteiger partial charge in [0.25, 0.3) is 0 Å². The van der Waals surface area contributed by atoms with Crippen molar-refractivity contribution in [2.45, 2.75) is 12.8 Å². The van der Waals surface area contributed by atoms with Crippen LogP contribution >= 0.6 is 0 Å². The number of carbonyl (C=O) groups excluding carboxylic acids is 2. The van der Waals surface area contributed by atoms with Gasteiger partial charge in [0, 0.05) is 12.1 Å². The van der Waals surface area contributed by atoms with Gasteiger partial charge < -0.3 is 19.5 Å². The van der Waals surface area contributed by atoms with E-state index in [9.17, 15) is 9.59 Å². The summed E-state index contributed by atoms with van der Waals surface area (Å²) >= 11 is 0. The van der Waals surface area contributed by atoms with Crippen molar-refractivity contribution in [1.82, 2.24) is 0 Å². The summed E-state index contributed by atoms with van der Waals surface area (Å²) in [6.07, 6.45) is 0.814. The lowest BCUT2D eigenvalue weighted by atomic mass is 10.1. The first-order valence-electron chi connectivity index (χ1n) is 7.77. The molecule has 1 N–H and O–H groups in total. The van der Waals surface area contributed by atoms with Crippen LogP contribution in [0, 0.1) is 0 Å². The van der Waals surface area contributed by atoms with Gasteiger partial charge in [-0.1, -0.05) is 12.1 Å². The molecule has 0 fully saturated rings. The average Bonchev–Trinajstić information content (AvgIpc) is 2.65. The van der Waals surface area contributed by atoms with Crippen LogP contribution < -0.4 is 14.8 Å². The second-order valence-corrected chi connectivity index (χ2v) is 5.27. The van der Waals surface area contributed by atoms with Crippen LogP contribution in [0.15, 0.2) is 42.5 Å². The Hall–Kier alpha value is -3.02. The number of benzene rings is 2. The molecule has 2 rings (SSSR count). The number of carbonyl (C=O) groups is 2. The molecule has 0 aliphatic rings.